The maximum Gasteiger partial charge on any atom is 0.410 e. The molecule has 22 heavy (non-hydrogen) atoms. The number of alkyl halides is 3. The molecule has 1 amide bonds. The molecule has 1 aromatic rings. The second-order valence-electron chi connectivity index (χ2n) is 5.37. The Morgan fingerprint density at radius 3 is 2.59 bits per heavy atom. The Morgan fingerprint density at radius 2 is 2.00 bits per heavy atom. The molecular weight excluding hydrogens is 299 g/mol. The van der Waals surface area contributed by atoms with Crippen LogP contribution in [-0.4, -0.2) is 42.0 Å². The second-order valence-corrected chi connectivity index (χ2v) is 5.37. The van der Waals surface area contributed by atoms with Crippen LogP contribution in [-0.2, 0) is 11.3 Å². The van der Waals surface area contributed by atoms with Gasteiger partial charge in [-0.15, -0.1) is 0 Å². The fourth-order valence-corrected chi connectivity index (χ4v) is 2.57. The summed E-state index contributed by atoms with van der Waals surface area (Å²) in [7, 11) is 0. The van der Waals surface area contributed by atoms with Crippen molar-refractivity contribution in [1.82, 2.24) is 4.90 Å². The first-order valence-corrected chi connectivity index (χ1v) is 7.05. The van der Waals surface area contributed by atoms with Crippen LogP contribution in [0.25, 0.3) is 0 Å². The van der Waals surface area contributed by atoms with Gasteiger partial charge in [-0.3, -0.25) is 0 Å². The van der Waals surface area contributed by atoms with Crippen LogP contribution >= 0.6 is 0 Å². The van der Waals surface area contributed by atoms with E-state index >= 15 is 0 Å². The highest BCUT2D eigenvalue weighted by atomic mass is 19.4. The molecule has 0 saturated carbocycles. The molecule has 1 heterocycles. The lowest BCUT2D eigenvalue weighted by Crippen LogP contribution is -2.49. The third-order valence-electron chi connectivity index (χ3n) is 3.87. The molecule has 1 N–H and O–H groups in total. The first-order chi connectivity index (χ1) is 10.4. The number of hydrogen-bond donors (Lipinski definition) is 1. The number of piperidine rings is 1. The number of benzene rings is 1. The van der Waals surface area contributed by atoms with Gasteiger partial charge in [0.2, 0.25) is 0 Å². The van der Waals surface area contributed by atoms with E-state index in [-0.39, 0.29) is 19.6 Å². The summed E-state index contributed by atoms with van der Waals surface area (Å²) >= 11 is 0. The fraction of sp³-hybridized carbons (Fsp3) is 0.533. The third kappa shape index (κ3) is 4.13. The molecule has 1 fully saturated rings. The van der Waals surface area contributed by atoms with Crippen LogP contribution in [0, 0.1) is 11.8 Å². The zero-order valence-corrected chi connectivity index (χ0v) is 11.9. The molecule has 0 aromatic heterocycles. The average Bonchev–Trinajstić information content (AvgIpc) is 2.52. The predicted molar refractivity (Wildman–Crippen MR) is 72.9 cm³/mol. The number of nitrogens with zero attached hydrogens (tertiary/aromatic N) is 1. The van der Waals surface area contributed by atoms with Gasteiger partial charge in [-0.2, -0.15) is 13.2 Å². The lowest BCUT2D eigenvalue weighted by molar-refractivity contribution is -0.203. The van der Waals surface area contributed by atoms with Gasteiger partial charge >= 0.3 is 12.3 Å². The van der Waals surface area contributed by atoms with Crippen LogP contribution < -0.4 is 0 Å². The summed E-state index contributed by atoms with van der Waals surface area (Å²) in [4.78, 5) is 13.0. The molecule has 122 valence electrons. The van der Waals surface area contributed by atoms with E-state index in [2.05, 4.69) is 0 Å². The van der Waals surface area contributed by atoms with Crippen molar-refractivity contribution in [1.29, 1.82) is 0 Å². The van der Waals surface area contributed by atoms with Gasteiger partial charge in [-0.25, -0.2) is 4.79 Å². The van der Waals surface area contributed by atoms with Crippen LogP contribution in [0.5, 0.6) is 0 Å². The smallest absolute Gasteiger partial charge is 0.410 e. The summed E-state index contributed by atoms with van der Waals surface area (Å²) in [6, 6.07) is 8.93. The molecule has 0 radical (unpaired) electrons. The molecular formula is C15H18F3NO3. The Morgan fingerprint density at radius 1 is 1.32 bits per heavy atom. The Balaban J connectivity index is 1.93. The standard InChI is InChI=1S/C15H18F3NO3/c16-15(17,18)13-8-19(7-6-12(13)9-20)14(21)22-10-11-4-2-1-3-5-11/h1-5,12-13,20H,6-10H2/t12-,13+/m0/s1. The van der Waals surface area contributed by atoms with Gasteiger partial charge in [0, 0.05) is 19.7 Å². The first-order valence-electron chi connectivity index (χ1n) is 7.05. The van der Waals surface area contributed by atoms with Crippen molar-refractivity contribution in [3.8, 4) is 0 Å². The topological polar surface area (TPSA) is 49.8 Å². The van der Waals surface area contributed by atoms with Gasteiger partial charge < -0.3 is 14.7 Å². The largest absolute Gasteiger partial charge is 0.445 e. The predicted octanol–water partition coefficient (Wildman–Crippen LogP) is 2.82. The quantitative estimate of drug-likeness (QED) is 0.932. The molecule has 1 aliphatic rings. The lowest BCUT2D eigenvalue weighted by atomic mass is 9.86. The van der Waals surface area contributed by atoms with E-state index in [1.807, 2.05) is 6.07 Å². The minimum atomic E-state index is -4.44. The molecule has 0 bridgehead atoms. The fourth-order valence-electron chi connectivity index (χ4n) is 2.57. The van der Waals surface area contributed by atoms with Gasteiger partial charge in [0.25, 0.3) is 0 Å². The van der Waals surface area contributed by atoms with Gasteiger partial charge in [0.1, 0.15) is 6.61 Å². The van der Waals surface area contributed by atoms with Crippen LogP contribution in [0.3, 0.4) is 0 Å². The zero-order valence-electron chi connectivity index (χ0n) is 11.9. The monoisotopic (exact) mass is 317 g/mol. The Kier molecular flexibility index (Phi) is 5.28. The Bertz CT molecular complexity index is 493. The number of carbonyl (C=O) groups is 1. The second kappa shape index (κ2) is 7.00. The Hall–Kier alpha value is -1.76. The number of hydrogen-bond acceptors (Lipinski definition) is 3. The molecule has 7 heteroatoms. The number of carbonyl (C=O) groups excluding carboxylic acids is 1. The van der Waals surface area contributed by atoms with Crippen molar-refractivity contribution in [2.75, 3.05) is 19.7 Å². The number of aliphatic hydroxyl groups excluding tert-OH is 1. The molecule has 0 unspecified atom stereocenters. The maximum atomic E-state index is 13.0. The van der Waals surface area contributed by atoms with E-state index in [0.29, 0.717) is 0 Å². The van der Waals surface area contributed by atoms with Gasteiger partial charge in [0.05, 0.1) is 5.92 Å². The minimum absolute atomic E-state index is 0.0241. The van der Waals surface area contributed by atoms with Crippen molar-refractivity contribution in [2.24, 2.45) is 11.8 Å². The molecule has 0 spiro atoms. The normalized spacial score (nSPS) is 22.5. The van der Waals surface area contributed by atoms with Crippen molar-refractivity contribution in [3.05, 3.63) is 35.9 Å². The van der Waals surface area contributed by atoms with Crippen molar-refractivity contribution in [2.45, 2.75) is 19.2 Å². The number of likely N-dealkylation sites (tertiary alicyclic amines) is 1. The van der Waals surface area contributed by atoms with E-state index in [1.54, 1.807) is 24.3 Å². The molecule has 4 nitrogen and oxygen atoms in total. The van der Waals surface area contributed by atoms with Crippen molar-refractivity contribution < 1.29 is 27.8 Å². The molecule has 1 aromatic carbocycles. The molecule has 1 saturated heterocycles. The van der Waals surface area contributed by atoms with E-state index in [0.717, 1.165) is 10.5 Å². The summed E-state index contributed by atoms with van der Waals surface area (Å²) in [5, 5.41) is 9.07. The van der Waals surface area contributed by atoms with Gasteiger partial charge in [-0.1, -0.05) is 30.3 Å². The number of amides is 1. The highest BCUT2D eigenvalue weighted by Crippen LogP contribution is 2.37. The number of aliphatic hydroxyl groups is 1. The van der Waals surface area contributed by atoms with Crippen LogP contribution in [0.2, 0.25) is 0 Å². The minimum Gasteiger partial charge on any atom is -0.445 e. The number of rotatable bonds is 3. The number of ether oxygens (including phenoxy) is 1. The van der Waals surface area contributed by atoms with E-state index in [9.17, 15) is 18.0 Å². The van der Waals surface area contributed by atoms with E-state index in [1.165, 1.54) is 0 Å². The summed E-state index contributed by atoms with van der Waals surface area (Å²) in [5.74, 6) is -2.58. The van der Waals surface area contributed by atoms with Crippen molar-refractivity contribution in [3.63, 3.8) is 0 Å². The summed E-state index contributed by atoms with van der Waals surface area (Å²) < 4.78 is 44.0. The summed E-state index contributed by atoms with van der Waals surface area (Å²) in [6.45, 7) is -0.818. The summed E-state index contributed by atoms with van der Waals surface area (Å²) in [6.07, 6.45) is -5.08. The maximum absolute atomic E-state index is 13.0. The Labute approximate surface area is 126 Å². The number of halogens is 3. The first kappa shape index (κ1) is 16.6. The summed E-state index contributed by atoms with van der Waals surface area (Å²) in [5.41, 5.74) is 0.772. The highest BCUT2D eigenvalue weighted by Gasteiger charge is 2.48. The average molecular weight is 317 g/mol. The molecule has 0 aliphatic carbocycles. The van der Waals surface area contributed by atoms with Crippen LogP contribution in [0.1, 0.15) is 12.0 Å². The van der Waals surface area contributed by atoms with Crippen molar-refractivity contribution >= 4 is 6.09 Å². The lowest BCUT2D eigenvalue weighted by Gasteiger charge is -2.38. The van der Waals surface area contributed by atoms with E-state index in [4.69, 9.17) is 9.84 Å². The molecule has 2 atom stereocenters. The van der Waals surface area contributed by atoms with Gasteiger partial charge in [0.15, 0.2) is 0 Å². The zero-order chi connectivity index (χ0) is 16.2. The van der Waals surface area contributed by atoms with Gasteiger partial charge in [-0.05, 0) is 17.9 Å². The highest BCUT2D eigenvalue weighted by molar-refractivity contribution is 5.67. The SMILES string of the molecule is O=C(OCc1ccccc1)N1CC[C@@H](CO)[C@H](C(F)(F)F)C1. The molecule has 2 rings (SSSR count). The van der Waals surface area contributed by atoms with E-state index < -0.39 is 37.3 Å². The molecule has 1 aliphatic heterocycles. The van der Waals surface area contributed by atoms with Crippen LogP contribution in [0.4, 0.5) is 18.0 Å². The third-order valence-corrected chi connectivity index (χ3v) is 3.87. The van der Waals surface area contributed by atoms with Crippen LogP contribution in [0.15, 0.2) is 30.3 Å².